The molecule has 1 aromatic heterocycles. The number of nitrogens with zero attached hydrogens (tertiary/aromatic N) is 3. The highest BCUT2D eigenvalue weighted by atomic mass is 16.5. The van der Waals surface area contributed by atoms with Gasteiger partial charge in [-0.25, -0.2) is 4.79 Å². The lowest BCUT2D eigenvalue weighted by atomic mass is 9.71. The number of hydrogen-bond donors (Lipinski definition) is 2. The summed E-state index contributed by atoms with van der Waals surface area (Å²) < 4.78 is 4.95. The Kier molecular flexibility index (Phi) is 5.96. The number of hydrogen-bond acceptors (Lipinski definition) is 6. The Bertz CT molecular complexity index is 910. The first kappa shape index (κ1) is 22.3. The maximum Gasteiger partial charge on any atom is 0.325 e. The molecular formula is C22H31N5O5. The van der Waals surface area contributed by atoms with E-state index in [4.69, 9.17) is 4.52 Å². The lowest BCUT2D eigenvalue weighted by Crippen LogP contribution is -2.52. The molecule has 2 N–H and O–H groups in total. The van der Waals surface area contributed by atoms with Crippen LogP contribution in [-0.4, -0.2) is 63.9 Å². The number of piperidine rings is 1. The third-order valence-corrected chi connectivity index (χ3v) is 6.84. The maximum atomic E-state index is 13.1. The Labute approximate surface area is 187 Å². The van der Waals surface area contributed by atoms with Crippen LogP contribution in [0.4, 0.5) is 10.6 Å². The van der Waals surface area contributed by atoms with Crippen LogP contribution in [0, 0.1) is 24.7 Å². The van der Waals surface area contributed by atoms with E-state index in [1.165, 1.54) is 0 Å². The molecule has 2 saturated heterocycles. The molecule has 10 nitrogen and oxygen atoms in total. The van der Waals surface area contributed by atoms with Crippen molar-refractivity contribution in [3.8, 4) is 0 Å². The van der Waals surface area contributed by atoms with Gasteiger partial charge >= 0.3 is 6.03 Å². The number of urea groups is 1. The lowest BCUT2D eigenvalue weighted by Gasteiger charge is -2.38. The number of aryl methyl sites for hydroxylation is 1. The quantitative estimate of drug-likeness (QED) is 0.682. The van der Waals surface area contributed by atoms with Gasteiger partial charge in [-0.15, -0.1) is 0 Å². The van der Waals surface area contributed by atoms with Crippen LogP contribution in [-0.2, 0) is 14.4 Å². The molecule has 32 heavy (non-hydrogen) atoms. The number of anilines is 1. The summed E-state index contributed by atoms with van der Waals surface area (Å²) in [6.45, 7) is 6.47. The van der Waals surface area contributed by atoms with E-state index < -0.39 is 11.6 Å². The monoisotopic (exact) mass is 445 g/mol. The van der Waals surface area contributed by atoms with E-state index in [2.05, 4.69) is 29.6 Å². The van der Waals surface area contributed by atoms with Crippen molar-refractivity contribution < 1.29 is 23.7 Å². The maximum absolute atomic E-state index is 13.1. The topological polar surface area (TPSA) is 125 Å². The summed E-state index contributed by atoms with van der Waals surface area (Å²) in [6.07, 6.45) is 3.26. The number of aromatic nitrogens is 1. The minimum atomic E-state index is -0.876. The van der Waals surface area contributed by atoms with Crippen LogP contribution in [0.25, 0.3) is 0 Å². The van der Waals surface area contributed by atoms with Crippen LogP contribution in [0.2, 0.25) is 0 Å². The summed E-state index contributed by atoms with van der Waals surface area (Å²) >= 11 is 0. The third kappa shape index (κ3) is 4.35. The van der Waals surface area contributed by atoms with Gasteiger partial charge in [-0.3, -0.25) is 19.3 Å². The highest BCUT2D eigenvalue weighted by Gasteiger charge is 2.54. The Hall–Kier alpha value is -2.91. The predicted molar refractivity (Wildman–Crippen MR) is 114 cm³/mol. The molecule has 0 bridgehead atoms. The Morgan fingerprint density at radius 2 is 1.88 bits per heavy atom. The minimum absolute atomic E-state index is 0.151. The largest absolute Gasteiger partial charge is 0.360 e. The van der Waals surface area contributed by atoms with Gasteiger partial charge in [0.05, 0.1) is 0 Å². The molecule has 5 amide bonds. The number of rotatable bonds is 4. The van der Waals surface area contributed by atoms with Gasteiger partial charge < -0.3 is 20.1 Å². The molecule has 0 aromatic carbocycles. The first-order valence-electron chi connectivity index (χ1n) is 11.3. The van der Waals surface area contributed by atoms with Gasteiger partial charge in [0.15, 0.2) is 5.82 Å². The fraction of sp³-hybridized carbons (Fsp3) is 0.682. The zero-order chi connectivity index (χ0) is 23.0. The average molecular weight is 446 g/mol. The Balaban J connectivity index is 1.30. The van der Waals surface area contributed by atoms with Crippen LogP contribution < -0.4 is 10.6 Å². The van der Waals surface area contributed by atoms with Crippen molar-refractivity contribution in [2.24, 2.45) is 17.8 Å². The molecule has 2 aliphatic heterocycles. The van der Waals surface area contributed by atoms with E-state index in [-0.39, 0.29) is 30.2 Å². The fourth-order valence-electron chi connectivity index (χ4n) is 5.50. The molecule has 4 rings (SSSR count). The fourth-order valence-corrected chi connectivity index (χ4v) is 5.50. The molecule has 174 valence electrons. The van der Waals surface area contributed by atoms with Crippen LogP contribution >= 0.6 is 0 Å². The van der Waals surface area contributed by atoms with E-state index in [9.17, 15) is 19.2 Å². The summed E-state index contributed by atoms with van der Waals surface area (Å²) in [5.74, 6) is 0.725. The van der Waals surface area contributed by atoms with E-state index in [1.54, 1.807) is 17.9 Å². The van der Waals surface area contributed by atoms with Crippen molar-refractivity contribution in [1.29, 1.82) is 0 Å². The van der Waals surface area contributed by atoms with Crippen LogP contribution in [0.15, 0.2) is 10.6 Å². The number of nitrogens with one attached hydrogen (secondary N) is 2. The normalized spacial score (nSPS) is 28.8. The van der Waals surface area contributed by atoms with Gasteiger partial charge in [0.1, 0.15) is 17.8 Å². The van der Waals surface area contributed by atoms with Crippen molar-refractivity contribution in [2.75, 3.05) is 25.0 Å². The second kappa shape index (κ2) is 8.55. The predicted octanol–water partition coefficient (Wildman–Crippen LogP) is 1.91. The number of amides is 5. The Morgan fingerprint density at radius 3 is 2.47 bits per heavy atom. The summed E-state index contributed by atoms with van der Waals surface area (Å²) in [4.78, 5) is 53.7. The van der Waals surface area contributed by atoms with Crippen molar-refractivity contribution in [3.05, 3.63) is 11.8 Å². The van der Waals surface area contributed by atoms with Gasteiger partial charge in [-0.1, -0.05) is 19.0 Å². The van der Waals surface area contributed by atoms with Crippen molar-refractivity contribution in [1.82, 2.24) is 20.3 Å². The molecule has 2 atom stereocenters. The molecule has 0 radical (unpaired) electrons. The Morgan fingerprint density at radius 1 is 1.22 bits per heavy atom. The molecule has 1 spiro atoms. The van der Waals surface area contributed by atoms with Gasteiger partial charge in [-0.05, 0) is 50.9 Å². The van der Waals surface area contributed by atoms with Gasteiger partial charge in [0, 0.05) is 25.1 Å². The van der Waals surface area contributed by atoms with E-state index in [1.807, 2.05) is 0 Å². The molecule has 1 saturated carbocycles. The number of carbonyl (C=O) groups is 4. The van der Waals surface area contributed by atoms with Crippen molar-refractivity contribution in [3.63, 3.8) is 0 Å². The molecule has 3 aliphatic rings. The number of carbonyl (C=O) groups excluding carboxylic acids is 4. The first-order valence-corrected chi connectivity index (χ1v) is 11.3. The van der Waals surface area contributed by atoms with Crippen molar-refractivity contribution in [2.45, 2.75) is 58.4 Å². The number of imide groups is 1. The minimum Gasteiger partial charge on any atom is -0.360 e. The highest BCUT2D eigenvalue weighted by molar-refractivity contribution is 6.09. The second-order valence-corrected chi connectivity index (χ2v) is 9.72. The molecule has 10 heteroatoms. The smallest absolute Gasteiger partial charge is 0.325 e. The van der Waals surface area contributed by atoms with E-state index in [0.717, 1.165) is 11.3 Å². The molecule has 3 heterocycles. The molecule has 1 aromatic rings. The summed E-state index contributed by atoms with van der Waals surface area (Å²) in [7, 11) is 0. The lowest BCUT2D eigenvalue weighted by molar-refractivity contribution is -0.141. The molecule has 3 fully saturated rings. The SMILES string of the molecule is Cc1cc(NC(=O)C2CCN(C(=O)CN3C(=O)NC4(CC(C)CC(C)C4)C3=O)CC2)no1. The zero-order valence-electron chi connectivity index (χ0n) is 18.8. The van der Waals surface area contributed by atoms with Gasteiger partial charge in [0.25, 0.3) is 5.91 Å². The van der Waals surface area contributed by atoms with Crippen LogP contribution in [0.3, 0.4) is 0 Å². The van der Waals surface area contributed by atoms with E-state index in [0.29, 0.717) is 62.2 Å². The molecular weight excluding hydrogens is 414 g/mol. The summed E-state index contributed by atoms with van der Waals surface area (Å²) in [6, 6.07) is 1.16. The van der Waals surface area contributed by atoms with Gasteiger partial charge in [-0.2, -0.15) is 0 Å². The van der Waals surface area contributed by atoms with Crippen molar-refractivity contribution >= 4 is 29.6 Å². The third-order valence-electron chi connectivity index (χ3n) is 6.84. The highest BCUT2D eigenvalue weighted by Crippen LogP contribution is 2.39. The van der Waals surface area contributed by atoms with E-state index >= 15 is 0 Å². The van der Waals surface area contributed by atoms with Crippen LogP contribution in [0.5, 0.6) is 0 Å². The first-order chi connectivity index (χ1) is 15.2. The molecule has 2 unspecified atom stereocenters. The summed E-state index contributed by atoms with van der Waals surface area (Å²) in [5, 5.41) is 9.38. The molecule has 1 aliphatic carbocycles. The number of likely N-dealkylation sites (tertiary alicyclic amines) is 1. The second-order valence-electron chi connectivity index (χ2n) is 9.72. The van der Waals surface area contributed by atoms with Crippen LogP contribution in [0.1, 0.15) is 51.7 Å². The zero-order valence-corrected chi connectivity index (χ0v) is 18.8. The van der Waals surface area contributed by atoms with Gasteiger partial charge in [0.2, 0.25) is 11.8 Å². The summed E-state index contributed by atoms with van der Waals surface area (Å²) in [5.41, 5.74) is -0.876. The standard InChI is InChI=1S/C22H31N5O5/c1-13-8-14(2)11-22(10-13)20(30)27(21(31)24-22)12-18(28)26-6-4-16(5-7-26)19(29)23-17-9-15(3)32-25-17/h9,13-14,16H,4-8,10-12H2,1-3H3,(H,24,31)(H,23,25,29). The average Bonchev–Trinajstić information content (AvgIpc) is 3.23.